The first-order valence-electron chi connectivity index (χ1n) is 8.91. The van der Waals surface area contributed by atoms with E-state index in [1.54, 1.807) is 22.0 Å². The maximum absolute atomic E-state index is 12.8. The summed E-state index contributed by atoms with van der Waals surface area (Å²) in [5.74, 6) is -0.186. The summed E-state index contributed by atoms with van der Waals surface area (Å²) < 4.78 is 1.71. The molecule has 0 aliphatic carbocycles. The fourth-order valence-corrected chi connectivity index (χ4v) is 3.43. The Hall–Kier alpha value is -2.34. The van der Waals surface area contributed by atoms with Crippen LogP contribution in [0, 0.1) is 5.92 Å². The molecule has 6 nitrogen and oxygen atoms in total. The minimum Gasteiger partial charge on any atom is -0.356 e. The predicted molar refractivity (Wildman–Crippen MR) is 100 cm³/mol. The Kier molecular flexibility index (Phi) is 5.93. The lowest BCUT2D eigenvalue weighted by molar-refractivity contribution is -0.126. The third kappa shape index (κ3) is 4.25. The number of aromatic nitrogens is 2. The highest BCUT2D eigenvalue weighted by atomic mass is 35.5. The first kappa shape index (κ1) is 18.5. The van der Waals surface area contributed by atoms with E-state index < -0.39 is 0 Å². The van der Waals surface area contributed by atoms with Gasteiger partial charge >= 0.3 is 0 Å². The van der Waals surface area contributed by atoms with Gasteiger partial charge < -0.3 is 10.2 Å². The summed E-state index contributed by atoms with van der Waals surface area (Å²) in [4.78, 5) is 26.6. The summed E-state index contributed by atoms with van der Waals surface area (Å²) in [6, 6.07) is 7.58. The Balaban J connectivity index is 1.66. The molecule has 1 aromatic heterocycles. The summed E-state index contributed by atoms with van der Waals surface area (Å²) in [7, 11) is 0. The second kappa shape index (κ2) is 8.36. The third-order valence-electron chi connectivity index (χ3n) is 4.60. The van der Waals surface area contributed by atoms with Crippen LogP contribution in [0.5, 0.6) is 0 Å². The number of nitrogens with zero attached hydrogens (tertiary/aromatic N) is 3. The maximum atomic E-state index is 12.8. The van der Waals surface area contributed by atoms with Gasteiger partial charge in [0.1, 0.15) is 0 Å². The molecule has 0 saturated carbocycles. The van der Waals surface area contributed by atoms with E-state index in [1.165, 1.54) is 0 Å². The average molecular weight is 375 g/mol. The van der Waals surface area contributed by atoms with Crippen molar-refractivity contribution in [1.82, 2.24) is 20.0 Å². The third-order valence-corrected chi connectivity index (χ3v) is 4.97. The van der Waals surface area contributed by atoms with Crippen LogP contribution in [0.4, 0.5) is 0 Å². The van der Waals surface area contributed by atoms with Crippen LogP contribution >= 0.6 is 11.6 Å². The number of hydrogen-bond acceptors (Lipinski definition) is 3. The van der Waals surface area contributed by atoms with Gasteiger partial charge in [-0.05, 0) is 31.4 Å². The van der Waals surface area contributed by atoms with Crippen molar-refractivity contribution in [3.8, 4) is 0 Å². The van der Waals surface area contributed by atoms with Crippen molar-refractivity contribution in [1.29, 1.82) is 0 Å². The molecule has 1 aliphatic rings. The summed E-state index contributed by atoms with van der Waals surface area (Å²) in [6.45, 7) is 4.15. The molecule has 2 amide bonds. The largest absolute Gasteiger partial charge is 0.356 e. The lowest BCUT2D eigenvalue weighted by Gasteiger charge is -2.31. The van der Waals surface area contributed by atoms with Crippen LogP contribution in [0.3, 0.4) is 0 Å². The molecule has 0 spiro atoms. The van der Waals surface area contributed by atoms with Gasteiger partial charge in [0.25, 0.3) is 5.91 Å². The Morgan fingerprint density at radius 1 is 1.35 bits per heavy atom. The molecule has 1 unspecified atom stereocenters. The molecule has 7 heteroatoms. The lowest BCUT2D eigenvalue weighted by atomic mass is 9.96. The molecule has 1 fully saturated rings. The highest BCUT2D eigenvalue weighted by Crippen LogP contribution is 2.20. The Morgan fingerprint density at radius 3 is 2.92 bits per heavy atom. The number of carbonyl (C=O) groups is 2. The zero-order valence-corrected chi connectivity index (χ0v) is 15.6. The Labute approximate surface area is 158 Å². The monoisotopic (exact) mass is 374 g/mol. The zero-order chi connectivity index (χ0) is 18.5. The molecule has 138 valence electrons. The molecule has 1 aromatic carbocycles. The quantitative estimate of drug-likeness (QED) is 0.874. The molecule has 26 heavy (non-hydrogen) atoms. The maximum Gasteiger partial charge on any atom is 0.257 e. The molecular weight excluding hydrogens is 352 g/mol. The summed E-state index contributed by atoms with van der Waals surface area (Å²) in [5, 5.41) is 7.81. The normalized spacial score (nSPS) is 17.2. The molecule has 3 rings (SSSR count). The van der Waals surface area contributed by atoms with Gasteiger partial charge in [-0.3, -0.25) is 14.3 Å². The van der Waals surface area contributed by atoms with Crippen LogP contribution in [0.25, 0.3) is 0 Å². The highest BCUT2D eigenvalue weighted by Gasteiger charge is 2.29. The first-order chi connectivity index (χ1) is 12.6. The van der Waals surface area contributed by atoms with Gasteiger partial charge in [0.05, 0.1) is 24.2 Å². The van der Waals surface area contributed by atoms with Gasteiger partial charge in [-0.2, -0.15) is 5.10 Å². The summed E-state index contributed by atoms with van der Waals surface area (Å²) in [5.41, 5.74) is 1.49. The molecule has 1 atom stereocenters. The molecule has 1 N–H and O–H groups in total. The molecule has 1 saturated heterocycles. The van der Waals surface area contributed by atoms with Crippen LogP contribution in [0.2, 0.25) is 5.02 Å². The first-order valence-corrected chi connectivity index (χ1v) is 9.29. The van der Waals surface area contributed by atoms with Crippen molar-refractivity contribution in [2.45, 2.75) is 26.3 Å². The van der Waals surface area contributed by atoms with Crippen molar-refractivity contribution in [2.24, 2.45) is 5.92 Å². The smallest absolute Gasteiger partial charge is 0.257 e. The minimum atomic E-state index is -0.133. The predicted octanol–water partition coefficient (Wildman–Crippen LogP) is 2.57. The van der Waals surface area contributed by atoms with Crippen LogP contribution in [0.1, 0.15) is 35.7 Å². The van der Waals surface area contributed by atoms with Crippen molar-refractivity contribution in [3.63, 3.8) is 0 Å². The molecule has 0 radical (unpaired) electrons. The number of nitrogens with one attached hydrogen (secondary N) is 1. The van der Waals surface area contributed by atoms with E-state index in [9.17, 15) is 9.59 Å². The van der Waals surface area contributed by atoms with Crippen LogP contribution in [0.15, 0.2) is 36.7 Å². The standard InChI is InChI=1S/C19H23ClN4O2/c1-2-21-18(25)15-7-5-9-23(11-15)19(26)16-10-22-24(13-16)12-14-6-3-4-8-17(14)20/h3-4,6,8,10,13,15H,2,5,7,9,11-12H2,1H3,(H,21,25). The van der Waals surface area contributed by atoms with Gasteiger partial charge in [-0.1, -0.05) is 29.8 Å². The van der Waals surface area contributed by atoms with Gasteiger partial charge in [0.15, 0.2) is 0 Å². The van der Waals surface area contributed by atoms with Crippen molar-refractivity contribution in [3.05, 3.63) is 52.8 Å². The number of amides is 2. The van der Waals surface area contributed by atoms with Gasteiger partial charge in [0.2, 0.25) is 5.91 Å². The fourth-order valence-electron chi connectivity index (χ4n) is 3.24. The number of piperidine rings is 1. The van der Waals surface area contributed by atoms with E-state index in [0.29, 0.717) is 36.8 Å². The number of halogens is 1. The van der Waals surface area contributed by atoms with E-state index in [2.05, 4.69) is 10.4 Å². The SMILES string of the molecule is CCNC(=O)C1CCCN(C(=O)c2cnn(Cc3ccccc3Cl)c2)C1. The highest BCUT2D eigenvalue weighted by molar-refractivity contribution is 6.31. The molecule has 2 heterocycles. The van der Waals surface area contributed by atoms with Crippen LogP contribution in [-0.4, -0.2) is 46.1 Å². The molecular formula is C19H23ClN4O2. The number of hydrogen-bond donors (Lipinski definition) is 1. The fraction of sp³-hybridized carbons (Fsp3) is 0.421. The van der Waals surface area contributed by atoms with E-state index in [4.69, 9.17) is 11.6 Å². The average Bonchev–Trinajstić information content (AvgIpc) is 3.12. The van der Waals surface area contributed by atoms with Crippen LogP contribution in [-0.2, 0) is 11.3 Å². The van der Waals surface area contributed by atoms with Crippen molar-refractivity contribution in [2.75, 3.05) is 19.6 Å². The number of rotatable bonds is 5. The number of likely N-dealkylation sites (tertiary alicyclic amines) is 1. The van der Waals surface area contributed by atoms with E-state index >= 15 is 0 Å². The second-order valence-electron chi connectivity index (χ2n) is 6.50. The molecule has 2 aromatic rings. The summed E-state index contributed by atoms with van der Waals surface area (Å²) in [6.07, 6.45) is 4.97. The second-order valence-corrected chi connectivity index (χ2v) is 6.91. The topological polar surface area (TPSA) is 67.2 Å². The molecule has 1 aliphatic heterocycles. The lowest BCUT2D eigenvalue weighted by Crippen LogP contribution is -2.45. The molecule has 0 bridgehead atoms. The number of carbonyl (C=O) groups excluding carboxylic acids is 2. The van der Waals surface area contributed by atoms with Gasteiger partial charge in [0, 0.05) is 30.9 Å². The Morgan fingerprint density at radius 2 is 2.15 bits per heavy atom. The number of benzene rings is 1. The van der Waals surface area contributed by atoms with Crippen LogP contribution < -0.4 is 5.32 Å². The van der Waals surface area contributed by atoms with Crippen molar-refractivity contribution < 1.29 is 9.59 Å². The van der Waals surface area contributed by atoms with E-state index in [0.717, 1.165) is 18.4 Å². The minimum absolute atomic E-state index is 0.0272. The Bertz CT molecular complexity index is 789. The van der Waals surface area contributed by atoms with Gasteiger partial charge in [-0.25, -0.2) is 0 Å². The van der Waals surface area contributed by atoms with E-state index in [1.807, 2.05) is 31.2 Å². The van der Waals surface area contributed by atoms with E-state index in [-0.39, 0.29) is 17.7 Å². The van der Waals surface area contributed by atoms with Crippen molar-refractivity contribution >= 4 is 23.4 Å². The summed E-state index contributed by atoms with van der Waals surface area (Å²) >= 11 is 6.18. The zero-order valence-electron chi connectivity index (χ0n) is 14.8. The van der Waals surface area contributed by atoms with Gasteiger partial charge in [-0.15, -0.1) is 0 Å².